The summed E-state index contributed by atoms with van der Waals surface area (Å²) in [5, 5.41) is 0. The zero-order chi connectivity index (χ0) is 8.55. The Morgan fingerprint density at radius 2 is 2.25 bits per heavy atom. The Balaban J connectivity index is 2.43. The molecule has 64 valence electrons. The molecular weight excluding hydrogens is 150 g/mol. The summed E-state index contributed by atoms with van der Waals surface area (Å²) in [5.74, 6) is 1.05. The monoisotopic (exact) mass is 163 g/mol. The predicted octanol–water partition coefficient (Wildman–Crippen LogP) is 1.78. The predicted molar refractivity (Wildman–Crippen MR) is 48.1 cm³/mol. The minimum Gasteiger partial charge on any atom is -0.478 e. The van der Waals surface area contributed by atoms with E-state index in [1.807, 2.05) is 12.1 Å². The van der Waals surface area contributed by atoms with Crippen LogP contribution in [-0.2, 0) is 6.54 Å². The van der Waals surface area contributed by atoms with Crippen LogP contribution in [0.1, 0.15) is 11.1 Å². The SMILES string of the molecule is Cc1cccc2c1CN(C)CO2. The van der Waals surface area contributed by atoms with Crippen LogP contribution >= 0.6 is 0 Å². The third-order valence-electron chi connectivity index (χ3n) is 2.24. The Labute approximate surface area is 72.8 Å². The quantitative estimate of drug-likeness (QED) is 0.578. The average Bonchev–Trinajstić information content (AvgIpc) is 2.07. The summed E-state index contributed by atoms with van der Waals surface area (Å²) in [6.07, 6.45) is 0. The van der Waals surface area contributed by atoms with E-state index in [0.29, 0.717) is 6.73 Å². The van der Waals surface area contributed by atoms with Crippen LogP contribution in [-0.4, -0.2) is 18.7 Å². The lowest BCUT2D eigenvalue weighted by atomic mass is 10.1. The van der Waals surface area contributed by atoms with E-state index in [9.17, 15) is 0 Å². The van der Waals surface area contributed by atoms with Gasteiger partial charge in [0, 0.05) is 12.1 Å². The number of nitrogens with zero attached hydrogens (tertiary/aromatic N) is 1. The fourth-order valence-corrected chi connectivity index (χ4v) is 1.51. The maximum absolute atomic E-state index is 5.54. The molecule has 0 saturated carbocycles. The van der Waals surface area contributed by atoms with Crippen LogP contribution in [0.25, 0.3) is 0 Å². The Bertz CT molecular complexity index is 296. The van der Waals surface area contributed by atoms with Gasteiger partial charge in [-0.05, 0) is 25.6 Å². The smallest absolute Gasteiger partial charge is 0.142 e. The summed E-state index contributed by atoms with van der Waals surface area (Å²) in [6, 6.07) is 6.20. The molecule has 0 unspecified atom stereocenters. The largest absolute Gasteiger partial charge is 0.478 e. The maximum atomic E-state index is 5.54. The van der Waals surface area contributed by atoms with Gasteiger partial charge in [-0.1, -0.05) is 12.1 Å². The molecule has 2 nitrogen and oxygen atoms in total. The summed E-state index contributed by atoms with van der Waals surface area (Å²) in [6.45, 7) is 3.83. The van der Waals surface area contributed by atoms with Crippen molar-refractivity contribution in [1.82, 2.24) is 4.90 Å². The summed E-state index contributed by atoms with van der Waals surface area (Å²) < 4.78 is 5.54. The minimum absolute atomic E-state index is 0.705. The third-order valence-corrected chi connectivity index (χ3v) is 2.24. The normalized spacial score (nSPS) is 16.8. The Morgan fingerprint density at radius 3 is 3.08 bits per heavy atom. The van der Waals surface area contributed by atoms with Gasteiger partial charge in [0.2, 0.25) is 0 Å². The van der Waals surface area contributed by atoms with Crippen molar-refractivity contribution in [3.8, 4) is 5.75 Å². The molecule has 0 atom stereocenters. The molecule has 0 aliphatic carbocycles. The zero-order valence-corrected chi connectivity index (χ0v) is 7.50. The van der Waals surface area contributed by atoms with Crippen LogP contribution in [0.4, 0.5) is 0 Å². The van der Waals surface area contributed by atoms with Crippen molar-refractivity contribution in [2.75, 3.05) is 13.8 Å². The van der Waals surface area contributed by atoms with E-state index in [0.717, 1.165) is 12.3 Å². The third kappa shape index (κ3) is 1.18. The first kappa shape index (κ1) is 7.62. The number of hydrogen-bond acceptors (Lipinski definition) is 2. The second-order valence-corrected chi connectivity index (χ2v) is 3.34. The molecule has 2 rings (SSSR count). The molecule has 0 amide bonds. The van der Waals surface area contributed by atoms with Crippen molar-refractivity contribution in [1.29, 1.82) is 0 Å². The molecule has 1 aromatic rings. The highest BCUT2D eigenvalue weighted by Gasteiger charge is 2.14. The molecule has 1 aliphatic rings. The van der Waals surface area contributed by atoms with Gasteiger partial charge in [-0.2, -0.15) is 0 Å². The second kappa shape index (κ2) is 2.79. The van der Waals surface area contributed by atoms with Gasteiger partial charge in [0.1, 0.15) is 12.5 Å². The Kier molecular flexibility index (Phi) is 1.77. The van der Waals surface area contributed by atoms with Crippen molar-refractivity contribution in [3.05, 3.63) is 29.3 Å². The maximum Gasteiger partial charge on any atom is 0.142 e. The van der Waals surface area contributed by atoms with Gasteiger partial charge in [-0.15, -0.1) is 0 Å². The van der Waals surface area contributed by atoms with Crippen molar-refractivity contribution in [3.63, 3.8) is 0 Å². The van der Waals surface area contributed by atoms with Gasteiger partial charge in [0.15, 0.2) is 0 Å². The molecule has 0 saturated heterocycles. The highest BCUT2D eigenvalue weighted by Crippen LogP contribution is 2.26. The first-order valence-corrected chi connectivity index (χ1v) is 4.17. The molecule has 2 heteroatoms. The van der Waals surface area contributed by atoms with Crippen LogP contribution in [0.5, 0.6) is 5.75 Å². The van der Waals surface area contributed by atoms with Crippen molar-refractivity contribution < 1.29 is 4.74 Å². The number of ether oxygens (including phenoxy) is 1. The van der Waals surface area contributed by atoms with Crippen LogP contribution < -0.4 is 4.74 Å². The summed E-state index contributed by atoms with van der Waals surface area (Å²) >= 11 is 0. The minimum atomic E-state index is 0.705. The standard InChI is InChI=1S/C10H13NO/c1-8-4-3-5-10-9(8)6-11(2)7-12-10/h3-5H,6-7H2,1-2H3. The van der Waals surface area contributed by atoms with E-state index in [4.69, 9.17) is 4.74 Å². The fourth-order valence-electron chi connectivity index (χ4n) is 1.51. The lowest BCUT2D eigenvalue weighted by Gasteiger charge is -2.26. The molecule has 0 N–H and O–H groups in total. The van der Waals surface area contributed by atoms with Crippen LogP contribution in [0.15, 0.2) is 18.2 Å². The average molecular weight is 163 g/mol. The number of rotatable bonds is 0. The van der Waals surface area contributed by atoms with Crippen LogP contribution in [0, 0.1) is 6.92 Å². The van der Waals surface area contributed by atoms with Crippen molar-refractivity contribution in [2.24, 2.45) is 0 Å². The number of fused-ring (bicyclic) bond motifs is 1. The highest BCUT2D eigenvalue weighted by molar-refractivity contribution is 5.40. The van der Waals surface area contributed by atoms with Gasteiger partial charge >= 0.3 is 0 Å². The number of aryl methyl sites for hydroxylation is 1. The molecule has 0 spiro atoms. The molecule has 1 heterocycles. The lowest BCUT2D eigenvalue weighted by Crippen LogP contribution is -2.28. The number of benzene rings is 1. The zero-order valence-electron chi connectivity index (χ0n) is 7.50. The van der Waals surface area contributed by atoms with Gasteiger partial charge < -0.3 is 4.74 Å². The van der Waals surface area contributed by atoms with E-state index in [1.54, 1.807) is 0 Å². The summed E-state index contributed by atoms with van der Waals surface area (Å²) in [7, 11) is 2.06. The fraction of sp³-hybridized carbons (Fsp3) is 0.400. The van der Waals surface area contributed by atoms with E-state index >= 15 is 0 Å². The lowest BCUT2D eigenvalue weighted by molar-refractivity contribution is 0.121. The molecular formula is C10H13NO. The first-order valence-electron chi connectivity index (χ1n) is 4.17. The molecule has 0 aromatic heterocycles. The summed E-state index contributed by atoms with van der Waals surface area (Å²) in [5.41, 5.74) is 2.64. The molecule has 12 heavy (non-hydrogen) atoms. The summed E-state index contributed by atoms with van der Waals surface area (Å²) in [4.78, 5) is 2.16. The van der Waals surface area contributed by atoms with E-state index in [-0.39, 0.29) is 0 Å². The van der Waals surface area contributed by atoms with Gasteiger partial charge in [-0.3, -0.25) is 4.90 Å². The van der Waals surface area contributed by atoms with Crippen molar-refractivity contribution >= 4 is 0 Å². The molecule has 0 fully saturated rings. The van der Waals surface area contributed by atoms with Crippen molar-refractivity contribution in [2.45, 2.75) is 13.5 Å². The van der Waals surface area contributed by atoms with E-state index in [2.05, 4.69) is 24.9 Å². The van der Waals surface area contributed by atoms with Crippen LogP contribution in [0.3, 0.4) is 0 Å². The van der Waals surface area contributed by atoms with Gasteiger partial charge in [0.05, 0.1) is 0 Å². The molecule has 1 aromatic carbocycles. The van der Waals surface area contributed by atoms with Gasteiger partial charge in [-0.25, -0.2) is 0 Å². The van der Waals surface area contributed by atoms with Gasteiger partial charge in [0.25, 0.3) is 0 Å². The first-order chi connectivity index (χ1) is 5.77. The van der Waals surface area contributed by atoms with Crippen LogP contribution in [0.2, 0.25) is 0 Å². The van der Waals surface area contributed by atoms with E-state index < -0.39 is 0 Å². The topological polar surface area (TPSA) is 12.5 Å². The second-order valence-electron chi connectivity index (χ2n) is 3.34. The number of hydrogen-bond donors (Lipinski definition) is 0. The molecule has 1 aliphatic heterocycles. The van der Waals surface area contributed by atoms with E-state index in [1.165, 1.54) is 11.1 Å². The molecule has 0 radical (unpaired) electrons. The Hall–Kier alpha value is -1.02. The highest BCUT2D eigenvalue weighted by atomic mass is 16.5. The molecule has 0 bridgehead atoms. The Morgan fingerprint density at radius 1 is 1.42 bits per heavy atom.